The van der Waals surface area contributed by atoms with Crippen LogP contribution in [0.25, 0.3) is 0 Å². The molecule has 0 bridgehead atoms. The van der Waals surface area contributed by atoms with E-state index in [0.29, 0.717) is 19.3 Å². The molecular formula is C75H120O6. The van der Waals surface area contributed by atoms with Crippen LogP contribution >= 0.6 is 0 Å². The third-order valence-corrected chi connectivity index (χ3v) is 13.5. The Labute approximate surface area is 499 Å². The van der Waals surface area contributed by atoms with Crippen molar-refractivity contribution in [2.75, 3.05) is 13.2 Å². The molecule has 0 aliphatic heterocycles. The molecule has 6 nitrogen and oxygen atoms in total. The van der Waals surface area contributed by atoms with Gasteiger partial charge >= 0.3 is 17.9 Å². The highest BCUT2D eigenvalue weighted by Gasteiger charge is 2.19. The fourth-order valence-corrected chi connectivity index (χ4v) is 8.66. The van der Waals surface area contributed by atoms with Crippen LogP contribution in [0.1, 0.15) is 278 Å². The highest BCUT2D eigenvalue weighted by atomic mass is 16.6. The van der Waals surface area contributed by atoms with Crippen molar-refractivity contribution in [1.82, 2.24) is 0 Å². The number of carbonyl (C=O) groups excluding carboxylic acids is 3. The standard InChI is InChI=1S/C75H120O6/c1-4-7-10-13-16-18-20-22-24-26-28-30-32-34-35-36-37-38-39-41-42-44-46-48-50-52-54-56-59-62-65-68-74(77)80-71-72(70-79-73(76)67-64-61-58-15-12-9-6-3)81-75(78)69-66-63-60-57-55-53-51-49-47-45-43-40-33-31-29-27-25-23-21-19-17-14-11-8-5-2/h7-8,10-11,16-19,22-25,28-31,34-35,37-38,41-42,46,48,52,54,72H,4-6,9,12-15,20-21,26-27,32-33,36,39-40,43-45,47,49-51,53,55-71H2,1-3H3/b10-7-,11-8-,18-16-,19-17-,24-22-,25-23-,30-28-,31-29-,35-34-,38-37-,42-41-,48-46-,54-52-. The molecule has 0 N–H and O–H groups in total. The minimum Gasteiger partial charge on any atom is -0.462 e. The van der Waals surface area contributed by atoms with Crippen LogP contribution in [0.4, 0.5) is 0 Å². The van der Waals surface area contributed by atoms with E-state index in [2.05, 4.69) is 179 Å². The maximum absolute atomic E-state index is 12.9. The minimum atomic E-state index is -0.798. The van der Waals surface area contributed by atoms with Gasteiger partial charge in [0.05, 0.1) is 0 Å². The zero-order chi connectivity index (χ0) is 58.5. The van der Waals surface area contributed by atoms with Crippen LogP contribution in [0.15, 0.2) is 158 Å². The van der Waals surface area contributed by atoms with E-state index in [4.69, 9.17) is 14.2 Å². The maximum atomic E-state index is 12.9. The predicted octanol–water partition coefficient (Wildman–Crippen LogP) is 22.9. The van der Waals surface area contributed by atoms with Crippen LogP contribution in [-0.4, -0.2) is 37.2 Å². The molecule has 1 atom stereocenters. The van der Waals surface area contributed by atoms with Crippen molar-refractivity contribution in [2.45, 2.75) is 284 Å². The lowest BCUT2D eigenvalue weighted by molar-refractivity contribution is -0.167. The first-order valence-corrected chi connectivity index (χ1v) is 33.0. The molecule has 1 unspecified atom stereocenters. The SMILES string of the molecule is CC/C=C\C/C=C\C/C=C\C/C=C\C/C=C\C/C=C\C/C=C\C/C=C\C/C=C\CCCCCC(=O)OCC(COC(=O)CCCCCCCCC)OC(=O)CCCCCCCCCCCCCC/C=C\C/C=C\C/C=C\C/C=C\CC. The van der Waals surface area contributed by atoms with Crippen LogP contribution in [0.3, 0.4) is 0 Å². The smallest absolute Gasteiger partial charge is 0.306 e. The fourth-order valence-electron chi connectivity index (χ4n) is 8.66. The van der Waals surface area contributed by atoms with Crippen molar-refractivity contribution in [3.05, 3.63) is 158 Å². The fraction of sp³-hybridized carbons (Fsp3) is 0.613. The van der Waals surface area contributed by atoms with E-state index in [1.54, 1.807) is 0 Å². The van der Waals surface area contributed by atoms with Crippen LogP contribution in [0.5, 0.6) is 0 Å². The van der Waals surface area contributed by atoms with Crippen molar-refractivity contribution in [1.29, 1.82) is 0 Å². The lowest BCUT2D eigenvalue weighted by Crippen LogP contribution is -2.30. The Morgan fingerprint density at radius 2 is 0.481 bits per heavy atom. The molecule has 0 aromatic carbocycles. The summed E-state index contributed by atoms with van der Waals surface area (Å²) in [6.45, 7) is 6.34. The molecule has 456 valence electrons. The number of allylic oxidation sites excluding steroid dienone is 26. The summed E-state index contributed by atoms with van der Waals surface area (Å²) in [6.07, 6.45) is 98.5. The van der Waals surface area contributed by atoms with Gasteiger partial charge in [0, 0.05) is 19.3 Å². The molecule has 0 saturated carbocycles. The summed E-state index contributed by atoms with van der Waals surface area (Å²) in [7, 11) is 0. The molecule has 0 aliphatic rings. The minimum absolute atomic E-state index is 0.0936. The normalized spacial score (nSPS) is 13.2. The Morgan fingerprint density at radius 3 is 0.765 bits per heavy atom. The van der Waals surface area contributed by atoms with Gasteiger partial charge in [-0.15, -0.1) is 0 Å². The average Bonchev–Trinajstić information content (AvgIpc) is 3.46. The summed E-state index contributed by atoms with van der Waals surface area (Å²) in [5, 5.41) is 0. The van der Waals surface area contributed by atoms with Gasteiger partial charge in [-0.2, -0.15) is 0 Å². The Hall–Kier alpha value is -4.97. The first-order valence-electron chi connectivity index (χ1n) is 33.0. The number of hydrogen-bond donors (Lipinski definition) is 0. The third-order valence-electron chi connectivity index (χ3n) is 13.5. The van der Waals surface area contributed by atoms with E-state index >= 15 is 0 Å². The first kappa shape index (κ1) is 76.0. The highest BCUT2D eigenvalue weighted by molar-refractivity contribution is 5.71. The van der Waals surface area contributed by atoms with Crippen molar-refractivity contribution < 1.29 is 28.6 Å². The largest absolute Gasteiger partial charge is 0.462 e. The average molecular weight is 1120 g/mol. The van der Waals surface area contributed by atoms with Crippen LogP contribution < -0.4 is 0 Å². The lowest BCUT2D eigenvalue weighted by atomic mass is 10.0. The zero-order valence-corrected chi connectivity index (χ0v) is 52.2. The van der Waals surface area contributed by atoms with E-state index in [1.165, 1.54) is 89.9 Å². The van der Waals surface area contributed by atoms with Crippen LogP contribution in [-0.2, 0) is 28.6 Å². The monoisotopic (exact) mass is 1120 g/mol. The van der Waals surface area contributed by atoms with Gasteiger partial charge in [-0.1, -0.05) is 288 Å². The Kier molecular flexibility index (Phi) is 63.4. The molecular weight excluding hydrogens is 997 g/mol. The van der Waals surface area contributed by atoms with Gasteiger partial charge in [0.15, 0.2) is 6.10 Å². The topological polar surface area (TPSA) is 78.9 Å². The second-order valence-corrected chi connectivity index (χ2v) is 21.3. The maximum Gasteiger partial charge on any atom is 0.306 e. The molecule has 81 heavy (non-hydrogen) atoms. The second-order valence-electron chi connectivity index (χ2n) is 21.3. The number of carbonyl (C=O) groups is 3. The van der Waals surface area contributed by atoms with Gasteiger partial charge in [0.1, 0.15) is 13.2 Å². The molecule has 0 rings (SSSR count). The Balaban J connectivity index is 4.24. The molecule has 0 amide bonds. The summed E-state index contributed by atoms with van der Waals surface area (Å²) in [5.41, 5.74) is 0. The van der Waals surface area contributed by atoms with Gasteiger partial charge in [-0.3, -0.25) is 14.4 Å². The summed E-state index contributed by atoms with van der Waals surface area (Å²) >= 11 is 0. The molecule has 0 heterocycles. The summed E-state index contributed by atoms with van der Waals surface area (Å²) in [5.74, 6) is -0.938. The van der Waals surface area contributed by atoms with Crippen molar-refractivity contribution in [3.63, 3.8) is 0 Å². The number of ether oxygens (including phenoxy) is 3. The van der Waals surface area contributed by atoms with Gasteiger partial charge in [0.2, 0.25) is 0 Å². The number of esters is 3. The quantitative estimate of drug-likeness (QED) is 0.0261. The van der Waals surface area contributed by atoms with E-state index < -0.39 is 6.10 Å². The molecule has 0 spiro atoms. The number of hydrogen-bond acceptors (Lipinski definition) is 6. The van der Waals surface area contributed by atoms with Crippen LogP contribution in [0.2, 0.25) is 0 Å². The third kappa shape index (κ3) is 65.7. The zero-order valence-electron chi connectivity index (χ0n) is 52.2. The van der Waals surface area contributed by atoms with E-state index in [0.717, 1.165) is 148 Å². The molecule has 0 saturated heterocycles. The number of rotatable bonds is 58. The second kappa shape index (κ2) is 67.5. The Morgan fingerprint density at radius 1 is 0.259 bits per heavy atom. The van der Waals surface area contributed by atoms with Gasteiger partial charge in [0.25, 0.3) is 0 Å². The number of unbranched alkanes of at least 4 members (excludes halogenated alkanes) is 21. The summed E-state index contributed by atoms with van der Waals surface area (Å²) in [6, 6.07) is 0. The molecule has 6 heteroatoms. The van der Waals surface area contributed by atoms with Crippen molar-refractivity contribution in [2.24, 2.45) is 0 Å². The Bertz CT molecular complexity index is 1810. The molecule has 0 aromatic rings. The van der Waals surface area contributed by atoms with Crippen LogP contribution in [0, 0.1) is 0 Å². The van der Waals surface area contributed by atoms with Gasteiger partial charge in [-0.05, 0) is 128 Å². The molecule has 0 fully saturated rings. The van der Waals surface area contributed by atoms with Gasteiger partial charge < -0.3 is 14.2 Å². The first-order chi connectivity index (χ1) is 40.0. The molecule has 0 aromatic heterocycles. The molecule has 0 radical (unpaired) electrons. The van der Waals surface area contributed by atoms with Gasteiger partial charge in [-0.25, -0.2) is 0 Å². The van der Waals surface area contributed by atoms with E-state index in [-0.39, 0.29) is 31.1 Å². The van der Waals surface area contributed by atoms with E-state index in [9.17, 15) is 14.4 Å². The summed E-state index contributed by atoms with van der Waals surface area (Å²) < 4.78 is 16.8. The van der Waals surface area contributed by atoms with E-state index in [1.807, 2.05) is 0 Å². The van der Waals surface area contributed by atoms with Crippen molar-refractivity contribution in [3.8, 4) is 0 Å². The van der Waals surface area contributed by atoms with Crippen molar-refractivity contribution >= 4 is 17.9 Å². The molecule has 0 aliphatic carbocycles. The highest BCUT2D eigenvalue weighted by Crippen LogP contribution is 2.15. The lowest BCUT2D eigenvalue weighted by Gasteiger charge is -2.18. The predicted molar refractivity (Wildman–Crippen MR) is 352 cm³/mol. The summed E-state index contributed by atoms with van der Waals surface area (Å²) in [4.78, 5) is 38.1.